The SMILES string of the molecule is CCCCCCC1C2CCCCCCCCCCCCCCCC2CN1c1ccccc1. The summed E-state index contributed by atoms with van der Waals surface area (Å²) >= 11 is 0. The Hall–Kier alpha value is -0.980. The molecule has 1 heterocycles. The molecule has 1 aromatic rings. The van der Waals surface area contributed by atoms with E-state index in [1.54, 1.807) is 0 Å². The van der Waals surface area contributed by atoms with Gasteiger partial charge in [0.2, 0.25) is 0 Å². The van der Waals surface area contributed by atoms with Crippen LogP contribution in [0.15, 0.2) is 30.3 Å². The van der Waals surface area contributed by atoms with Crippen molar-refractivity contribution in [3.05, 3.63) is 30.3 Å². The molecule has 0 bridgehead atoms. The van der Waals surface area contributed by atoms with Crippen molar-refractivity contribution in [3.8, 4) is 0 Å². The first kappa shape index (κ1) is 25.6. The quantitative estimate of drug-likeness (QED) is 0.398. The Kier molecular flexibility index (Phi) is 12.6. The van der Waals surface area contributed by atoms with Crippen LogP contribution in [-0.2, 0) is 0 Å². The molecule has 1 heteroatoms. The van der Waals surface area contributed by atoms with Crippen LogP contribution < -0.4 is 4.90 Å². The van der Waals surface area contributed by atoms with Gasteiger partial charge < -0.3 is 4.90 Å². The fourth-order valence-corrected chi connectivity index (χ4v) is 6.60. The fourth-order valence-electron chi connectivity index (χ4n) is 6.60. The first-order chi connectivity index (χ1) is 15.9. The molecule has 3 rings (SSSR count). The largest absolute Gasteiger partial charge is 0.368 e. The van der Waals surface area contributed by atoms with Gasteiger partial charge >= 0.3 is 0 Å². The van der Waals surface area contributed by atoms with Gasteiger partial charge in [-0.05, 0) is 43.2 Å². The van der Waals surface area contributed by atoms with Crippen molar-refractivity contribution in [2.45, 2.75) is 141 Å². The minimum absolute atomic E-state index is 0.779. The van der Waals surface area contributed by atoms with E-state index >= 15 is 0 Å². The summed E-state index contributed by atoms with van der Waals surface area (Å²) in [6.45, 7) is 3.65. The van der Waals surface area contributed by atoms with Crippen molar-refractivity contribution in [3.63, 3.8) is 0 Å². The molecule has 1 saturated carbocycles. The number of benzene rings is 1. The van der Waals surface area contributed by atoms with Gasteiger partial charge in [-0.2, -0.15) is 0 Å². The molecule has 2 aliphatic rings. The second kappa shape index (κ2) is 15.8. The lowest BCUT2D eigenvalue weighted by molar-refractivity contribution is 0.297. The highest BCUT2D eigenvalue weighted by Crippen LogP contribution is 2.41. The van der Waals surface area contributed by atoms with E-state index in [-0.39, 0.29) is 0 Å². The van der Waals surface area contributed by atoms with Crippen LogP contribution in [0.3, 0.4) is 0 Å². The number of hydrogen-bond acceptors (Lipinski definition) is 1. The molecule has 2 fully saturated rings. The molecule has 0 aromatic heterocycles. The molecule has 0 radical (unpaired) electrons. The lowest BCUT2D eigenvalue weighted by Gasteiger charge is -2.31. The van der Waals surface area contributed by atoms with Gasteiger partial charge in [0.05, 0.1) is 0 Å². The van der Waals surface area contributed by atoms with Gasteiger partial charge in [0, 0.05) is 18.3 Å². The van der Waals surface area contributed by atoms with Crippen LogP contribution >= 0.6 is 0 Å². The van der Waals surface area contributed by atoms with Crippen molar-refractivity contribution in [2.24, 2.45) is 11.8 Å². The zero-order chi connectivity index (χ0) is 22.3. The fraction of sp³-hybridized carbons (Fsp3) is 0.806. The summed E-state index contributed by atoms with van der Waals surface area (Å²) in [4.78, 5) is 2.85. The number of unbranched alkanes of at least 4 members (excludes halogenated alkanes) is 3. The van der Waals surface area contributed by atoms with E-state index in [9.17, 15) is 0 Å². The molecule has 3 unspecified atom stereocenters. The highest BCUT2D eigenvalue weighted by atomic mass is 15.2. The molecule has 1 aliphatic carbocycles. The summed E-state index contributed by atoms with van der Waals surface area (Å²) in [5.74, 6) is 1.84. The Bertz CT molecular complexity index is 567. The Morgan fingerprint density at radius 1 is 0.656 bits per heavy atom. The van der Waals surface area contributed by atoms with E-state index in [0.29, 0.717) is 0 Å². The van der Waals surface area contributed by atoms with Crippen LogP contribution in [0.2, 0.25) is 0 Å². The molecule has 1 saturated heterocycles. The summed E-state index contributed by atoms with van der Waals surface area (Å²) < 4.78 is 0. The van der Waals surface area contributed by atoms with E-state index in [1.807, 2.05) is 0 Å². The van der Waals surface area contributed by atoms with Crippen LogP contribution in [0.25, 0.3) is 0 Å². The van der Waals surface area contributed by atoms with Gasteiger partial charge in [0.25, 0.3) is 0 Å². The van der Waals surface area contributed by atoms with Gasteiger partial charge in [0.15, 0.2) is 0 Å². The lowest BCUT2D eigenvalue weighted by atomic mass is 9.81. The lowest BCUT2D eigenvalue weighted by Crippen LogP contribution is -2.33. The molecule has 3 atom stereocenters. The zero-order valence-corrected chi connectivity index (χ0v) is 21.4. The highest BCUT2D eigenvalue weighted by Gasteiger charge is 2.40. The number of fused-ring (bicyclic) bond motifs is 1. The molecule has 1 aliphatic heterocycles. The predicted molar refractivity (Wildman–Crippen MR) is 143 cm³/mol. The van der Waals surface area contributed by atoms with Gasteiger partial charge in [-0.1, -0.05) is 134 Å². The summed E-state index contributed by atoms with van der Waals surface area (Å²) in [5.41, 5.74) is 1.49. The van der Waals surface area contributed by atoms with E-state index in [4.69, 9.17) is 0 Å². The van der Waals surface area contributed by atoms with Crippen molar-refractivity contribution >= 4 is 5.69 Å². The number of nitrogens with zero attached hydrogens (tertiary/aromatic N) is 1. The topological polar surface area (TPSA) is 3.24 Å². The van der Waals surface area contributed by atoms with Crippen molar-refractivity contribution < 1.29 is 0 Å². The maximum Gasteiger partial charge on any atom is 0.0368 e. The molecule has 0 amide bonds. The highest BCUT2D eigenvalue weighted by molar-refractivity contribution is 5.48. The van der Waals surface area contributed by atoms with E-state index in [1.165, 1.54) is 141 Å². The first-order valence-electron chi connectivity index (χ1n) is 14.7. The zero-order valence-electron chi connectivity index (χ0n) is 21.4. The molecule has 32 heavy (non-hydrogen) atoms. The molecular weight excluding hydrogens is 386 g/mol. The van der Waals surface area contributed by atoms with Crippen LogP contribution in [0, 0.1) is 11.8 Å². The second-order valence-corrected chi connectivity index (χ2v) is 11.0. The normalized spacial score (nSPS) is 27.0. The third-order valence-electron chi connectivity index (χ3n) is 8.48. The summed E-state index contributed by atoms with van der Waals surface area (Å²) in [5, 5.41) is 0. The minimum Gasteiger partial charge on any atom is -0.368 e. The van der Waals surface area contributed by atoms with Gasteiger partial charge in [-0.15, -0.1) is 0 Å². The second-order valence-electron chi connectivity index (χ2n) is 11.0. The van der Waals surface area contributed by atoms with Crippen molar-refractivity contribution in [1.29, 1.82) is 0 Å². The smallest absolute Gasteiger partial charge is 0.0368 e. The van der Waals surface area contributed by atoms with E-state index < -0.39 is 0 Å². The third-order valence-corrected chi connectivity index (χ3v) is 8.48. The van der Waals surface area contributed by atoms with Crippen LogP contribution in [0.5, 0.6) is 0 Å². The van der Waals surface area contributed by atoms with Crippen LogP contribution in [0.4, 0.5) is 5.69 Å². The van der Waals surface area contributed by atoms with Crippen LogP contribution in [0.1, 0.15) is 135 Å². The monoisotopic (exact) mass is 439 g/mol. The average Bonchev–Trinajstić information content (AvgIpc) is 3.16. The van der Waals surface area contributed by atoms with Crippen LogP contribution in [-0.4, -0.2) is 12.6 Å². The van der Waals surface area contributed by atoms with Gasteiger partial charge in [-0.25, -0.2) is 0 Å². The maximum absolute atomic E-state index is 2.85. The summed E-state index contributed by atoms with van der Waals surface area (Å²) in [7, 11) is 0. The Labute approximate surface area is 200 Å². The molecule has 0 N–H and O–H groups in total. The number of para-hydroxylation sites is 1. The van der Waals surface area contributed by atoms with Gasteiger partial charge in [-0.3, -0.25) is 0 Å². The standard InChI is InChI=1S/C31H53N/c1-2-3-4-21-26-31-30-25-20-15-13-11-9-7-5-6-8-10-12-14-17-22-28(30)27-32(31)29-23-18-16-19-24-29/h16,18-19,23-24,28,30-31H,2-15,17,20-22,25-27H2,1H3. The van der Waals surface area contributed by atoms with E-state index in [0.717, 1.165) is 17.9 Å². The molecule has 1 nitrogen and oxygen atoms in total. The number of rotatable bonds is 6. The van der Waals surface area contributed by atoms with Gasteiger partial charge in [0.1, 0.15) is 0 Å². The molecule has 1 aromatic carbocycles. The van der Waals surface area contributed by atoms with Crippen molar-refractivity contribution in [2.75, 3.05) is 11.4 Å². The first-order valence-corrected chi connectivity index (χ1v) is 14.7. The van der Waals surface area contributed by atoms with E-state index in [2.05, 4.69) is 42.2 Å². The summed E-state index contributed by atoms with van der Waals surface area (Å²) in [6.07, 6.45) is 29.1. The summed E-state index contributed by atoms with van der Waals surface area (Å²) in [6, 6.07) is 12.2. The third kappa shape index (κ3) is 8.75. The average molecular weight is 440 g/mol. The Morgan fingerprint density at radius 2 is 1.22 bits per heavy atom. The Morgan fingerprint density at radius 3 is 1.81 bits per heavy atom. The number of hydrogen-bond donors (Lipinski definition) is 0. The number of anilines is 1. The predicted octanol–water partition coefficient (Wildman–Crippen LogP) is 9.94. The molecular formula is C31H53N. The van der Waals surface area contributed by atoms with Crippen molar-refractivity contribution in [1.82, 2.24) is 0 Å². The maximum atomic E-state index is 2.85. The minimum atomic E-state index is 0.779. The molecule has 182 valence electrons. The molecule has 0 spiro atoms. The Balaban J connectivity index is 1.66.